The number of nitrogens with two attached hydrogens (primary N) is 1. The molecule has 0 aliphatic heterocycles. The minimum atomic E-state index is -4.51. The fraction of sp³-hybridized carbons (Fsp3) is 0.174. The predicted octanol–water partition coefficient (Wildman–Crippen LogP) is 3.47. The van der Waals surface area contributed by atoms with Crippen LogP contribution in [0.2, 0.25) is 0 Å². The second-order valence-electron chi connectivity index (χ2n) is 7.98. The lowest BCUT2D eigenvalue weighted by Gasteiger charge is -2.28. The molecule has 1 amide bonds. The van der Waals surface area contributed by atoms with Gasteiger partial charge in [0.1, 0.15) is 11.3 Å². The molecule has 0 saturated carbocycles. The summed E-state index contributed by atoms with van der Waals surface area (Å²) >= 11 is 0. The van der Waals surface area contributed by atoms with Crippen LogP contribution < -0.4 is 5.73 Å². The molecule has 2 N–H and O–H groups in total. The quantitative estimate of drug-likeness (QED) is 0.394. The topological polar surface area (TPSA) is 128 Å². The van der Waals surface area contributed by atoms with Crippen molar-refractivity contribution in [2.75, 3.05) is 5.73 Å². The molecule has 4 aromatic heterocycles. The van der Waals surface area contributed by atoms with Gasteiger partial charge in [-0.3, -0.25) is 9.78 Å². The Kier molecular flexibility index (Phi) is 5.66. The van der Waals surface area contributed by atoms with Crippen molar-refractivity contribution in [3.8, 4) is 0 Å². The largest absolute Gasteiger partial charge is 0.417 e. The van der Waals surface area contributed by atoms with Gasteiger partial charge in [0.05, 0.1) is 41.1 Å². The Bertz CT molecular complexity index is 1550. The highest BCUT2D eigenvalue weighted by atomic mass is 19.4. The van der Waals surface area contributed by atoms with Gasteiger partial charge in [-0.1, -0.05) is 5.21 Å². The van der Waals surface area contributed by atoms with E-state index in [2.05, 4.69) is 30.2 Å². The van der Waals surface area contributed by atoms with E-state index in [1.54, 1.807) is 43.6 Å². The van der Waals surface area contributed by atoms with E-state index >= 15 is 0 Å². The van der Waals surface area contributed by atoms with Crippen molar-refractivity contribution < 1.29 is 18.0 Å². The first-order chi connectivity index (χ1) is 17.2. The Balaban J connectivity index is 1.55. The van der Waals surface area contributed by atoms with E-state index in [4.69, 9.17) is 5.73 Å². The third-order valence-electron chi connectivity index (χ3n) is 5.68. The number of aromatic nitrogens is 7. The molecule has 0 spiro atoms. The van der Waals surface area contributed by atoms with E-state index in [-0.39, 0.29) is 18.1 Å². The van der Waals surface area contributed by atoms with Crippen molar-refractivity contribution in [2.24, 2.45) is 0 Å². The maximum absolute atomic E-state index is 13.7. The number of pyridine rings is 1. The Morgan fingerprint density at radius 1 is 1.08 bits per heavy atom. The molecule has 0 aliphatic carbocycles. The molecule has 36 heavy (non-hydrogen) atoms. The maximum Gasteiger partial charge on any atom is 0.417 e. The lowest BCUT2D eigenvalue weighted by Crippen LogP contribution is -2.34. The summed E-state index contributed by atoms with van der Waals surface area (Å²) in [5.41, 5.74) is 7.17. The van der Waals surface area contributed by atoms with Gasteiger partial charge in [0, 0.05) is 24.2 Å². The van der Waals surface area contributed by atoms with Crippen LogP contribution in [0.25, 0.3) is 16.6 Å². The number of anilines is 1. The third-order valence-corrected chi connectivity index (χ3v) is 5.68. The number of nitrogen functional groups attached to an aromatic ring is 1. The molecule has 0 fully saturated rings. The predicted molar refractivity (Wildman–Crippen MR) is 122 cm³/mol. The smallest absolute Gasteiger partial charge is 0.382 e. The summed E-state index contributed by atoms with van der Waals surface area (Å²) in [6.45, 7) is 1.66. The number of halogens is 3. The van der Waals surface area contributed by atoms with Crippen molar-refractivity contribution in [3.63, 3.8) is 0 Å². The van der Waals surface area contributed by atoms with E-state index in [0.29, 0.717) is 27.9 Å². The molecule has 182 valence electrons. The summed E-state index contributed by atoms with van der Waals surface area (Å²) in [5.74, 6) is 0.201. The number of benzene rings is 1. The number of carbonyl (C=O) groups is 1. The number of hydrogen-bond donors (Lipinski definition) is 1. The van der Waals surface area contributed by atoms with E-state index in [1.807, 2.05) is 0 Å². The van der Waals surface area contributed by atoms with Gasteiger partial charge in [-0.15, -0.1) is 5.10 Å². The molecule has 0 aliphatic rings. The van der Waals surface area contributed by atoms with Crippen molar-refractivity contribution in [1.29, 1.82) is 0 Å². The van der Waals surface area contributed by atoms with Crippen molar-refractivity contribution in [3.05, 3.63) is 83.8 Å². The maximum atomic E-state index is 13.7. The Morgan fingerprint density at radius 2 is 1.86 bits per heavy atom. The minimum Gasteiger partial charge on any atom is -0.382 e. The van der Waals surface area contributed by atoms with Crippen LogP contribution in [0, 0.1) is 0 Å². The molecular formula is C23H18F3N9O. The SMILES string of the molecule is C[C@H](c1ncccn1)N(Cc1ccc(C(F)(F)F)cn1)C(=O)c1ccc2nc(N)c3cnnn3c2c1. The van der Waals surface area contributed by atoms with E-state index in [9.17, 15) is 18.0 Å². The highest BCUT2D eigenvalue weighted by Crippen LogP contribution is 2.29. The summed E-state index contributed by atoms with van der Waals surface area (Å²) in [7, 11) is 0. The number of alkyl halides is 3. The first kappa shape index (κ1) is 23.1. The Morgan fingerprint density at radius 3 is 2.56 bits per heavy atom. The monoisotopic (exact) mass is 493 g/mol. The first-order valence-electron chi connectivity index (χ1n) is 10.7. The Labute approximate surface area is 201 Å². The van der Waals surface area contributed by atoms with E-state index in [0.717, 1.165) is 12.3 Å². The molecule has 1 aromatic carbocycles. The third kappa shape index (κ3) is 4.26. The molecule has 0 saturated heterocycles. The summed E-state index contributed by atoms with van der Waals surface area (Å²) in [5, 5.41) is 7.89. The average Bonchev–Trinajstić information content (AvgIpc) is 3.38. The number of nitrogens with zero attached hydrogens (tertiary/aromatic N) is 8. The zero-order valence-corrected chi connectivity index (χ0v) is 18.8. The number of fused-ring (bicyclic) bond motifs is 3. The van der Waals surface area contributed by atoms with Crippen LogP contribution in [0.1, 0.15) is 40.4 Å². The van der Waals surface area contributed by atoms with Crippen LogP contribution >= 0.6 is 0 Å². The molecule has 10 nitrogen and oxygen atoms in total. The van der Waals surface area contributed by atoms with E-state index in [1.165, 1.54) is 21.7 Å². The van der Waals surface area contributed by atoms with E-state index < -0.39 is 23.7 Å². The van der Waals surface area contributed by atoms with Crippen LogP contribution in [0.5, 0.6) is 0 Å². The standard InChI is InChI=1S/C23H18F3N9O/c1-13(21-28-7-2-8-29-21)34(12-16-5-4-15(10-30-16)23(24,25)26)22(36)14-3-6-17-18(9-14)35-19(11-31-33-35)20(27)32-17/h2-11,13H,12H2,1H3,(H2,27,32)/t13-/m1/s1. The molecule has 0 unspecified atom stereocenters. The van der Waals surface area contributed by atoms with Crippen molar-refractivity contribution >= 4 is 28.3 Å². The zero-order chi connectivity index (χ0) is 25.4. The van der Waals surface area contributed by atoms with Crippen LogP contribution in [0.3, 0.4) is 0 Å². The molecule has 0 radical (unpaired) electrons. The highest BCUT2D eigenvalue weighted by Gasteiger charge is 2.31. The average molecular weight is 493 g/mol. The zero-order valence-electron chi connectivity index (χ0n) is 18.8. The summed E-state index contributed by atoms with van der Waals surface area (Å²) in [6, 6.07) is 8.04. The molecular weight excluding hydrogens is 475 g/mol. The van der Waals surface area contributed by atoms with Crippen LogP contribution in [0.4, 0.5) is 19.0 Å². The van der Waals surface area contributed by atoms with Crippen LogP contribution in [-0.4, -0.2) is 45.6 Å². The molecule has 0 bridgehead atoms. The summed E-state index contributed by atoms with van der Waals surface area (Å²) in [4.78, 5) is 31.9. The fourth-order valence-corrected chi connectivity index (χ4v) is 3.77. The lowest BCUT2D eigenvalue weighted by atomic mass is 10.1. The van der Waals surface area contributed by atoms with Gasteiger partial charge in [-0.2, -0.15) is 13.2 Å². The summed E-state index contributed by atoms with van der Waals surface area (Å²) in [6.07, 6.45) is 0.793. The van der Waals surface area contributed by atoms with Crippen molar-refractivity contribution in [2.45, 2.75) is 25.7 Å². The molecule has 4 heterocycles. The van der Waals surface area contributed by atoms with Gasteiger partial charge < -0.3 is 10.6 Å². The van der Waals surface area contributed by atoms with Gasteiger partial charge >= 0.3 is 6.18 Å². The first-order valence-corrected chi connectivity index (χ1v) is 10.7. The number of carbonyl (C=O) groups excluding carboxylic acids is 1. The van der Waals surface area contributed by atoms with Gasteiger partial charge in [0.2, 0.25) is 0 Å². The second-order valence-corrected chi connectivity index (χ2v) is 7.98. The Hall–Kier alpha value is -4.68. The minimum absolute atomic E-state index is 0.0762. The number of hydrogen-bond acceptors (Lipinski definition) is 8. The number of amides is 1. The fourth-order valence-electron chi connectivity index (χ4n) is 3.77. The molecule has 13 heteroatoms. The molecule has 5 aromatic rings. The lowest BCUT2D eigenvalue weighted by molar-refractivity contribution is -0.137. The highest BCUT2D eigenvalue weighted by molar-refractivity contribution is 5.98. The van der Waals surface area contributed by atoms with Gasteiger partial charge in [-0.05, 0) is 43.3 Å². The molecule has 5 rings (SSSR count). The van der Waals surface area contributed by atoms with Gasteiger partial charge in [0.25, 0.3) is 5.91 Å². The summed E-state index contributed by atoms with van der Waals surface area (Å²) < 4.78 is 40.4. The van der Waals surface area contributed by atoms with Crippen molar-refractivity contribution in [1.82, 2.24) is 39.7 Å². The normalized spacial score (nSPS) is 12.7. The van der Waals surface area contributed by atoms with Crippen LogP contribution in [-0.2, 0) is 12.7 Å². The molecule has 1 atom stereocenters. The second kappa shape index (κ2) is 8.83. The van der Waals surface area contributed by atoms with Gasteiger partial charge in [-0.25, -0.2) is 19.5 Å². The number of rotatable bonds is 5. The van der Waals surface area contributed by atoms with Crippen LogP contribution in [0.15, 0.2) is 61.2 Å². The van der Waals surface area contributed by atoms with Gasteiger partial charge in [0.15, 0.2) is 5.82 Å².